The van der Waals surface area contributed by atoms with Gasteiger partial charge in [-0.1, -0.05) is 60.4 Å². The Bertz CT molecular complexity index is 1960. The fourth-order valence-corrected chi connectivity index (χ4v) is 6.61. The summed E-state index contributed by atoms with van der Waals surface area (Å²) in [7, 11) is 4.62. The summed E-state index contributed by atoms with van der Waals surface area (Å²) in [6.45, 7) is 5.88. The Morgan fingerprint density at radius 3 is 2.42 bits per heavy atom. The Morgan fingerprint density at radius 2 is 1.76 bits per heavy atom. The summed E-state index contributed by atoms with van der Waals surface area (Å²) in [6.07, 6.45) is 3.40. The largest absolute Gasteiger partial charge is 0.493 e. The van der Waals surface area contributed by atoms with Gasteiger partial charge in [0.05, 0.1) is 54.3 Å². The number of rotatable bonds is 11. The number of esters is 1. The van der Waals surface area contributed by atoms with Crippen molar-refractivity contribution >= 4 is 45.0 Å². The maximum Gasteiger partial charge on any atom is 0.338 e. The Labute approximate surface area is 272 Å². The lowest BCUT2D eigenvalue weighted by molar-refractivity contribution is -0.138. The highest BCUT2D eigenvalue weighted by atomic mass is 79.9. The highest BCUT2D eigenvalue weighted by Crippen LogP contribution is 2.39. The Kier molecular flexibility index (Phi) is 9.90. The number of carbonyl (C=O) groups is 1. The molecule has 0 radical (unpaired) electrons. The first-order chi connectivity index (χ1) is 21.8. The molecule has 1 aliphatic heterocycles. The maximum atomic E-state index is 14.3. The molecule has 4 aromatic rings. The fourth-order valence-electron chi connectivity index (χ4n) is 5.04. The van der Waals surface area contributed by atoms with Gasteiger partial charge in [0.2, 0.25) is 0 Å². The summed E-state index contributed by atoms with van der Waals surface area (Å²) in [6, 6.07) is 17.4. The van der Waals surface area contributed by atoms with Gasteiger partial charge in [-0.3, -0.25) is 9.36 Å². The molecule has 0 saturated heterocycles. The van der Waals surface area contributed by atoms with E-state index in [-0.39, 0.29) is 17.7 Å². The van der Waals surface area contributed by atoms with E-state index >= 15 is 0 Å². The van der Waals surface area contributed by atoms with Gasteiger partial charge in [0.1, 0.15) is 6.61 Å². The van der Waals surface area contributed by atoms with E-state index in [1.807, 2.05) is 36.4 Å². The van der Waals surface area contributed by atoms with E-state index in [4.69, 9.17) is 28.7 Å². The Morgan fingerprint density at radius 1 is 1.02 bits per heavy atom. The minimum absolute atomic E-state index is 0.150. The fraction of sp³-hybridized carbons (Fsp3) is 0.206. The number of methoxy groups -OCH3 is 3. The molecule has 0 fully saturated rings. The van der Waals surface area contributed by atoms with Crippen molar-refractivity contribution in [2.24, 2.45) is 4.99 Å². The predicted molar refractivity (Wildman–Crippen MR) is 177 cm³/mol. The number of halogens is 1. The van der Waals surface area contributed by atoms with Crippen LogP contribution in [0, 0.1) is 0 Å². The minimum atomic E-state index is -0.867. The zero-order chi connectivity index (χ0) is 32.1. The van der Waals surface area contributed by atoms with Crippen LogP contribution in [0.15, 0.2) is 93.2 Å². The van der Waals surface area contributed by atoms with Crippen molar-refractivity contribution in [3.05, 3.63) is 120 Å². The maximum absolute atomic E-state index is 14.3. The normalized spacial score (nSPS) is 14.3. The second-order valence-corrected chi connectivity index (χ2v) is 11.5. The van der Waals surface area contributed by atoms with Crippen molar-refractivity contribution in [1.29, 1.82) is 0 Å². The quantitative estimate of drug-likeness (QED) is 0.156. The molecule has 0 saturated carbocycles. The van der Waals surface area contributed by atoms with Gasteiger partial charge in [0, 0.05) is 5.56 Å². The number of nitrogens with zero attached hydrogens (tertiary/aromatic N) is 2. The lowest BCUT2D eigenvalue weighted by Gasteiger charge is -2.26. The third-order valence-corrected chi connectivity index (χ3v) is 8.56. The van der Waals surface area contributed by atoms with Crippen LogP contribution in [-0.2, 0) is 9.53 Å². The van der Waals surface area contributed by atoms with Crippen LogP contribution in [0.2, 0.25) is 0 Å². The molecule has 0 bridgehead atoms. The number of aromatic nitrogens is 1. The third kappa shape index (κ3) is 6.31. The van der Waals surface area contributed by atoms with Crippen LogP contribution >= 0.6 is 27.3 Å². The summed E-state index contributed by atoms with van der Waals surface area (Å²) in [4.78, 5) is 33.3. The van der Waals surface area contributed by atoms with E-state index in [0.29, 0.717) is 65.8 Å². The van der Waals surface area contributed by atoms with Crippen LogP contribution in [0.3, 0.4) is 0 Å². The number of benzene rings is 3. The van der Waals surface area contributed by atoms with Crippen molar-refractivity contribution in [3.8, 4) is 23.0 Å². The van der Waals surface area contributed by atoms with Gasteiger partial charge in [0.15, 0.2) is 27.8 Å². The van der Waals surface area contributed by atoms with Crippen molar-refractivity contribution in [3.63, 3.8) is 0 Å². The van der Waals surface area contributed by atoms with E-state index in [9.17, 15) is 9.59 Å². The number of ether oxygens (including phenoxy) is 5. The number of hydrogen-bond acceptors (Lipinski definition) is 9. The summed E-state index contributed by atoms with van der Waals surface area (Å²) in [5, 5.41) is 0. The van der Waals surface area contributed by atoms with E-state index in [1.54, 1.807) is 57.6 Å². The molecule has 9 nitrogen and oxygen atoms in total. The highest BCUT2D eigenvalue weighted by Gasteiger charge is 2.35. The topological polar surface area (TPSA) is 97.6 Å². The molecule has 1 atom stereocenters. The van der Waals surface area contributed by atoms with Gasteiger partial charge < -0.3 is 23.7 Å². The number of thiazole rings is 1. The summed E-state index contributed by atoms with van der Waals surface area (Å²) in [5.41, 5.74) is 2.38. The SMILES string of the molecule is C=CCOc1c(Br)cc(/C=c2\sc3n(c2=O)[C@@H](c2ccc(OC)c(OC)c2)C(C(=O)OCC)=C(c2ccccc2)N=3)cc1OC. The lowest BCUT2D eigenvalue weighted by atomic mass is 9.93. The van der Waals surface area contributed by atoms with E-state index in [1.165, 1.54) is 23.0 Å². The molecule has 0 unspecified atom stereocenters. The van der Waals surface area contributed by atoms with Gasteiger partial charge >= 0.3 is 5.97 Å². The molecular formula is C34H31BrN2O7S. The first kappa shape index (κ1) is 31.8. The first-order valence-electron chi connectivity index (χ1n) is 14.0. The average Bonchev–Trinajstić information content (AvgIpc) is 3.37. The van der Waals surface area contributed by atoms with Crippen molar-refractivity contribution in [2.75, 3.05) is 34.5 Å². The Hall–Kier alpha value is -4.61. The molecular weight excluding hydrogens is 660 g/mol. The number of carbonyl (C=O) groups excluding carboxylic acids is 1. The van der Waals surface area contributed by atoms with E-state index < -0.39 is 12.0 Å². The van der Waals surface area contributed by atoms with Crippen molar-refractivity contribution in [2.45, 2.75) is 13.0 Å². The highest BCUT2D eigenvalue weighted by molar-refractivity contribution is 9.10. The monoisotopic (exact) mass is 690 g/mol. The first-order valence-corrected chi connectivity index (χ1v) is 15.6. The average molecular weight is 692 g/mol. The molecule has 232 valence electrons. The van der Waals surface area contributed by atoms with Gasteiger partial charge in [0.25, 0.3) is 5.56 Å². The molecule has 2 heterocycles. The molecule has 0 N–H and O–H groups in total. The molecule has 3 aromatic carbocycles. The molecule has 11 heteroatoms. The third-order valence-electron chi connectivity index (χ3n) is 6.99. The second kappa shape index (κ2) is 14.0. The van der Waals surface area contributed by atoms with Crippen molar-refractivity contribution < 1.29 is 28.5 Å². The van der Waals surface area contributed by atoms with Crippen LogP contribution in [-0.4, -0.2) is 45.1 Å². The molecule has 0 amide bonds. The Balaban J connectivity index is 1.79. The number of hydrogen-bond donors (Lipinski definition) is 0. The zero-order valence-electron chi connectivity index (χ0n) is 25.2. The van der Waals surface area contributed by atoms with E-state index in [2.05, 4.69) is 22.5 Å². The molecule has 0 aliphatic carbocycles. The molecule has 45 heavy (non-hydrogen) atoms. The smallest absolute Gasteiger partial charge is 0.338 e. The molecule has 1 aromatic heterocycles. The standard InChI is InChI=1S/C34H31BrN2O7S/c1-6-15-44-31-23(35)16-20(17-26(31)42-5)18-27-32(38)37-30(22-13-14-24(40-3)25(19-22)41-4)28(33(39)43-7-2)29(36-34(37)45-27)21-11-9-8-10-12-21/h6,8-14,16-19,30H,1,7,15H2,2-5H3/b27-18-/t30-/m0/s1. The lowest BCUT2D eigenvalue weighted by Crippen LogP contribution is -2.40. The number of fused-ring (bicyclic) bond motifs is 1. The van der Waals surface area contributed by atoms with Gasteiger partial charge in [-0.25, -0.2) is 9.79 Å². The second-order valence-electron chi connectivity index (χ2n) is 9.68. The predicted octanol–water partition coefficient (Wildman–Crippen LogP) is 5.29. The summed E-state index contributed by atoms with van der Waals surface area (Å²) < 4.78 is 30.5. The molecule has 5 rings (SSSR count). The minimum Gasteiger partial charge on any atom is -0.493 e. The van der Waals surface area contributed by atoms with E-state index in [0.717, 1.165) is 0 Å². The zero-order valence-corrected chi connectivity index (χ0v) is 27.6. The van der Waals surface area contributed by atoms with Gasteiger partial charge in [-0.15, -0.1) is 0 Å². The van der Waals surface area contributed by atoms with Crippen LogP contribution in [0.5, 0.6) is 23.0 Å². The summed E-state index contributed by atoms with van der Waals surface area (Å²) >= 11 is 4.78. The van der Waals surface area contributed by atoms with Crippen LogP contribution < -0.4 is 33.8 Å². The van der Waals surface area contributed by atoms with Gasteiger partial charge in [-0.2, -0.15) is 0 Å². The van der Waals surface area contributed by atoms with Crippen LogP contribution in [0.1, 0.15) is 29.7 Å². The molecule has 0 spiro atoms. The van der Waals surface area contributed by atoms with Crippen LogP contribution in [0.4, 0.5) is 0 Å². The summed E-state index contributed by atoms with van der Waals surface area (Å²) in [5.74, 6) is 1.41. The van der Waals surface area contributed by atoms with Gasteiger partial charge in [-0.05, 0) is 64.3 Å². The molecule has 1 aliphatic rings. The van der Waals surface area contributed by atoms with Crippen molar-refractivity contribution in [1.82, 2.24) is 4.57 Å². The van der Waals surface area contributed by atoms with Crippen LogP contribution in [0.25, 0.3) is 11.8 Å².